The first-order valence-corrected chi connectivity index (χ1v) is 5.37. The lowest BCUT2D eigenvalue weighted by atomic mass is 10.8. The van der Waals surface area contributed by atoms with Crippen molar-refractivity contribution in [2.75, 3.05) is 20.4 Å². The van der Waals surface area contributed by atoms with Gasteiger partial charge in [0.2, 0.25) is 6.79 Å². The quantitative estimate of drug-likeness (QED) is 0.291. The molecule has 0 aliphatic heterocycles. The van der Waals surface area contributed by atoms with Crippen molar-refractivity contribution in [1.29, 1.82) is 0 Å². The zero-order valence-corrected chi connectivity index (χ0v) is 11.8. The number of carbonyl (C=O) groups is 4. The van der Waals surface area contributed by atoms with Crippen molar-refractivity contribution in [2.24, 2.45) is 0 Å². The molecule has 0 radical (unpaired) electrons. The van der Waals surface area contributed by atoms with Crippen LogP contribution in [0.15, 0.2) is 0 Å². The molecule has 0 atom stereocenters. The topological polar surface area (TPSA) is 114 Å². The number of ether oxygens (including phenoxy) is 5. The minimum atomic E-state index is -0.462. The van der Waals surface area contributed by atoms with Gasteiger partial charge in [-0.2, -0.15) is 0 Å². The van der Waals surface area contributed by atoms with Gasteiger partial charge in [-0.15, -0.1) is 0 Å². The van der Waals surface area contributed by atoms with Crippen molar-refractivity contribution < 1.29 is 42.9 Å². The van der Waals surface area contributed by atoms with Crippen LogP contribution in [0.2, 0.25) is 0 Å². The second-order valence-corrected chi connectivity index (χ2v) is 3.10. The highest BCUT2D eigenvalue weighted by atomic mass is 16.8. The number of rotatable bonds is 6. The summed E-state index contributed by atoms with van der Waals surface area (Å²) in [5.41, 5.74) is 0. The minimum Gasteiger partial charge on any atom is -0.439 e. The van der Waals surface area contributed by atoms with Crippen molar-refractivity contribution in [3.8, 4) is 0 Å². The van der Waals surface area contributed by atoms with E-state index in [0.29, 0.717) is 0 Å². The van der Waals surface area contributed by atoms with Crippen LogP contribution in [-0.2, 0) is 42.9 Å². The number of hydrogen-bond donors (Lipinski definition) is 0. The Bertz CT molecular complexity index is 294. The molecule has 0 aromatic carbocycles. The highest BCUT2D eigenvalue weighted by Gasteiger charge is 1.94. The van der Waals surface area contributed by atoms with Crippen LogP contribution in [-0.4, -0.2) is 44.3 Å². The lowest BCUT2D eigenvalue weighted by Gasteiger charge is -2.02. The lowest BCUT2D eigenvalue weighted by Crippen LogP contribution is -2.09. The molecule has 0 aromatic heterocycles. The molecule has 0 spiro atoms. The molecule has 0 rings (SSSR count). The molecular formula is C11H18O9. The van der Waals surface area contributed by atoms with Gasteiger partial charge in [0.15, 0.2) is 13.6 Å². The number of esters is 4. The van der Waals surface area contributed by atoms with E-state index in [2.05, 4.69) is 23.7 Å². The summed E-state index contributed by atoms with van der Waals surface area (Å²) in [7, 11) is 0. The van der Waals surface area contributed by atoms with E-state index in [1.165, 1.54) is 27.7 Å². The minimum absolute atomic E-state index is 0.192. The lowest BCUT2D eigenvalue weighted by molar-refractivity contribution is -0.173. The third kappa shape index (κ3) is 24.9. The molecular weight excluding hydrogens is 276 g/mol. The molecule has 20 heavy (non-hydrogen) atoms. The summed E-state index contributed by atoms with van der Waals surface area (Å²) in [6.45, 7) is 4.33. The summed E-state index contributed by atoms with van der Waals surface area (Å²) in [6, 6.07) is 0. The first kappa shape index (κ1) is 20.2. The second-order valence-electron chi connectivity index (χ2n) is 3.10. The van der Waals surface area contributed by atoms with Gasteiger partial charge in [-0.1, -0.05) is 0 Å². The van der Waals surface area contributed by atoms with Crippen molar-refractivity contribution in [3.05, 3.63) is 0 Å². The summed E-state index contributed by atoms with van der Waals surface area (Å²) in [5.74, 6) is -1.80. The van der Waals surface area contributed by atoms with Crippen molar-refractivity contribution >= 4 is 23.9 Å². The third-order valence-corrected chi connectivity index (χ3v) is 1.22. The smallest absolute Gasteiger partial charge is 0.305 e. The molecule has 0 fully saturated rings. The van der Waals surface area contributed by atoms with Crippen molar-refractivity contribution in [1.82, 2.24) is 0 Å². The van der Waals surface area contributed by atoms with E-state index in [-0.39, 0.29) is 20.4 Å². The molecule has 0 aliphatic carbocycles. The molecule has 0 heterocycles. The second kappa shape index (κ2) is 13.3. The van der Waals surface area contributed by atoms with E-state index >= 15 is 0 Å². The van der Waals surface area contributed by atoms with Gasteiger partial charge >= 0.3 is 23.9 Å². The maximum atomic E-state index is 10.1. The highest BCUT2D eigenvalue weighted by molar-refractivity contribution is 5.67. The Labute approximate surface area is 116 Å². The summed E-state index contributed by atoms with van der Waals surface area (Å²) in [6.07, 6.45) is 0. The van der Waals surface area contributed by atoms with Crippen LogP contribution in [0, 0.1) is 0 Å². The maximum Gasteiger partial charge on any atom is 0.305 e. The molecule has 116 valence electrons. The standard InChI is InChI=1S/C6H10O5.C5H8O4/c1-5(7)10-3-9-4-11-6(2)8;1-4(6)8-3-9-5(2)7/h3-4H2,1-2H3;3H2,1-2H3. The van der Waals surface area contributed by atoms with Crippen LogP contribution in [0.3, 0.4) is 0 Å². The van der Waals surface area contributed by atoms with E-state index < -0.39 is 23.9 Å². The van der Waals surface area contributed by atoms with Gasteiger partial charge in [0, 0.05) is 27.7 Å². The Hall–Kier alpha value is -2.16. The molecule has 0 N–H and O–H groups in total. The average molecular weight is 294 g/mol. The van der Waals surface area contributed by atoms with Crippen LogP contribution in [0.1, 0.15) is 27.7 Å². The van der Waals surface area contributed by atoms with Crippen LogP contribution >= 0.6 is 0 Å². The van der Waals surface area contributed by atoms with Crippen molar-refractivity contribution in [3.63, 3.8) is 0 Å². The Morgan fingerprint density at radius 2 is 0.800 bits per heavy atom. The predicted octanol–water partition coefficient (Wildman–Crippen LogP) is 0.114. The highest BCUT2D eigenvalue weighted by Crippen LogP contribution is 1.82. The third-order valence-electron chi connectivity index (χ3n) is 1.22. The Balaban J connectivity index is 0. The molecule has 9 heteroatoms. The zero-order valence-electron chi connectivity index (χ0n) is 11.8. The Morgan fingerprint density at radius 3 is 1.05 bits per heavy atom. The molecule has 0 aliphatic rings. The van der Waals surface area contributed by atoms with Gasteiger partial charge < -0.3 is 23.7 Å². The maximum absolute atomic E-state index is 10.1. The van der Waals surface area contributed by atoms with E-state index in [1.54, 1.807) is 0 Å². The summed E-state index contributed by atoms with van der Waals surface area (Å²) >= 11 is 0. The van der Waals surface area contributed by atoms with Crippen LogP contribution in [0.4, 0.5) is 0 Å². The average Bonchev–Trinajstić information content (AvgIpc) is 2.27. The Morgan fingerprint density at radius 1 is 0.550 bits per heavy atom. The van der Waals surface area contributed by atoms with E-state index in [0.717, 1.165) is 0 Å². The van der Waals surface area contributed by atoms with Gasteiger partial charge in [-0.3, -0.25) is 19.2 Å². The number of hydrogen-bond acceptors (Lipinski definition) is 9. The van der Waals surface area contributed by atoms with Crippen LogP contribution in [0.25, 0.3) is 0 Å². The van der Waals surface area contributed by atoms with Crippen molar-refractivity contribution in [2.45, 2.75) is 27.7 Å². The molecule has 0 aromatic rings. The van der Waals surface area contributed by atoms with Gasteiger partial charge in [-0.25, -0.2) is 0 Å². The fourth-order valence-electron chi connectivity index (χ4n) is 0.479. The first-order chi connectivity index (χ1) is 9.25. The molecule has 0 saturated heterocycles. The summed E-state index contributed by atoms with van der Waals surface area (Å²) < 4.78 is 21.9. The van der Waals surface area contributed by atoms with Crippen LogP contribution < -0.4 is 0 Å². The fourth-order valence-corrected chi connectivity index (χ4v) is 0.479. The van der Waals surface area contributed by atoms with E-state index in [4.69, 9.17) is 0 Å². The first-order valence-electron chi connectivity index (χ1n) is 5.37. The Kier molecular flexibility index (Phi) is 13.4. The molecule has 9 nitrogen and oxygen atoms in total. The van der Waals surface area contributed by atoms with Gasteiger partial charge in [0.05, 0.1) is 0 Å². The summed E-state index contributed by atoms with van der Waals surface area (Å²) in [5, 5.41) is 0. The van der Waals surface area contributed by atoms with Gasteiger partial charge in [0.1, 0.15) is 0 Å². The van der Waals surface area contributed by atoms with Gasteiger partial charge in [0.25, 0.3) is 0 Å². The fraction of sp³-hybridized carbons (Fsp3) is 0.636. The van der Waals surface area contributed by atoms with Gasteiger partial charge in [-0.05, 0) is 0 Å². The molecule has 0 saturated carbocycles. The normalized spacial score (nSPS) is 8.60. The monoisotopic (exact) mass is 294 g/mol. The van der Waals surface area contributed by atoms with E-state index in [9.17, 15) is 19.2 Å². The zero-order chi connectivity index (χ0) is 16.0. The SMILES string of the molecule is CC(=O)OCOC(C)=O.CC(=O)OCOCOC(C)=O. The molecule has 0 amide bonds. The van der Waals surface area contributed by atoms with E-state index in [1.807, 2.05) is 0 Å². The largest absolute Gasteiger partial charge is 0.439 e. The number of carbonyl (C=O) groups excluding carboxylic acids is 4. The molecule has 0 bridgehead atoms. The molecule has 0 unspecified atom stereocenters. The summed E-state index contributed by atoms with van der Waals surface area (Å²) in [4.78, 5) is 40.3. The predicted molar refractivity (Wildman–Crippen MR) is 62.8 cm³/mol. The van der Waals surface area contributed by atoms with Crippen LogP contribution in [0.5, 0.6) is 0 Å².